The van der Waals surface area contributed by atoms with Gasteiger partial charge < -0.3 is 20.8 Å². The number of nitrogens with one attached hydrogen (secondary N) is 2. The van der Waals surface area contributed by atoms with Crippen molar-refractivity contribution in [2.75, 3.05) is 5.32 Å². The number of nitrogens with two attached hydrogens (primary N) is 1. The molecule has 0 aliphatic heterocycles. The Morgan fingerprint density at radius 2 is 1.58 bits per heavy atom. The third-order valence-corrected chi connectivity index (χ3v) is 4.71. The van der Waals surface area contributed by atoms with Crippen LogP contribution in [0.2, 0.25) is 0 Å². The predicted molar refractivity (Wildman–Crippen MR) is 107 cm³/mol. The highest BCUT2D eigenvalue weighted by Gasteiger charge is 2.43. The summed E-state index contributed by atoms with van der Waals surface area (Å²) in [5.41, 5.74) is 1.56. The summed E-state index contributed by atoms with van der Waals surface area (Å²) >= 11 is 0. The van der Waals surface area contributed by atoms with Gasteiger partial charge in [-0.05, 0) is 35.7 Å². The number of alkyl halides is 6. The molecule has 1 heterocycles. The van der Waals surface area contributed by atoms with Gasteiger partial charge in [-0.15, -0.1) is 0 Å². The molecule has 176 valence electrons. The van der Waals surface area contributed by atoms with Gasteiger partial charge in [0, 0.05) is 28.9 Å². The number of carbonyl (C=O) groups excluding carboxylic acids is 2. The third kappa shape index (κ3) is 5.04. The van der Waals surface area contributed by atoms with E-state index in [1.165, 1.54) is 18.2 Å². The van der Waals surface area contributed by atoms with E-state index in [-0.39, 0.29) is 23.8 Å². The summed E-state index contributed by atoms with van der Waals surface area (Å²) in [6.45, 7) is 3.85. The Morgan fingerprint density at radius 1 is 1.00 bits per heavy atom. The molecule has 3 rings (SSSR count). The van der Waals surface area contributed by atoms with Crippen LogP contribution in [0.4, 0.5) is 32.0 Å². The van der Waals surface area contributed by atoms with Crippen molar-refractivity contribution in [3.63, 3.8) is 0 Å². The minimum absolute atomic E-state index is 0.127. The Labute approximate surface area is 182 Å². The Balaban J connectivity index is 2.15. The van der Waals surface area contributed by atoms with Crippen molar-refractivity contribution < 1.29 is 40.7 Å². The lowest BCUT2D eigenvalue weighted by Crippen LogP contribution is -2.30. The molecule has 2 aromatic carbocycles. The van der Waals surface area contributed by atoms with Crippen molar-refractivity contribution in [2.24, 2.45) is 5.73 Å². The number of aromatic nitrogens is 1. The van der Waals surface area contributed by atoms with E-state index in [4.69, 9.17) is 10.5 Å². The first-order valence-electron chi connectivity index (χ1n) is 9.40. The molecule has 4 N–H and O–H groups in total. The molecule has 33 heavy (non-hydrogen) atoms. The first kappa shape index (κ1) is 24.0. The fourth-order valence-electron chi connectivity index (χ4n) is 3.21. The number of ether oxygens (including phenoxy) is 1. The van der Waals surface area contributed by atoms with Gasteiger partial charge in [0.2, 0.25) is 0 Å². The van der Waals surface area contributed by atoms with E-state index >= 15 is 0 Å². The van der Waals surface area contributed by atoms with Crippen molar-refractivity contribution in [1.29, 1.82) is 0 Å². The first-order chi connectivity index (χ1) is 15.2. The number of H-pyrrole nitrogens is 1. The maximum absolute atomic E-state index is 13.7. The Bertz CT molecular complexity index is 1190. The normalized spacial score (nSPS) is 12.3. The number of primary amides is 1. The smallest absolute Gasteiger partial charge is 0.420 e. The minimum atomic E-state index is -5.29. The van der Waals surface area contributed by atoms with Gasteiger partial charge in [-0.3, -0.25) is 9.59 Å². The highest BCUT2D eigenvalue weighted by atomic mass is 19.4. The monoisotopic (exact) mass is 473 g/mol. The van der Waals surface area contributed by atoms with Crippen molar-refractivity contribution >= 4 is 28.4 Å². The molecule has 12 heteroatoms. The van der Waals surface area contributed by atoms with Crippen LogP contribution in [0.3, 0.4) is 0 Å². The van der Waals surface area contributed by atoms with Crippen LogP contribution in [-0.4, -0.2) is 16.8 Å². The average molecular weight is 473 g/mol. The standard InChI is InChI=1S/C21H17F6N3O3/c1-9(2)13-8-29-16-7-11(3-4-12(13)16)33-17-14(20(22,23)24)5-10(30-19(32)18(28)31)6-15(17)21(25,26)27/h3-9,29H,1-2H3,(H2,28,31)(H,30,32). The summed E-state index contributed by atoms with van der Waals surface area (Å²) in [4.78, 5) is 25.2. The summed E-state index contributed by atoms with van der Waals surface area (Å²) in [7, 11) is 0. The summed E-state index contributed by atoms with van der Waals surface area (Å²) in [6.07, 6.45) is -8.88. The average Bonchev–Trinajstić information content (AvgIpc) is 3.10. The van der Waals surface area contributed by atoms with Crippen LogP contribution in [0.15, 0.2) is 36.5 Å². The predicted octanol–water partition coefficient (Wildman–Crippen LogP) is 5.55. The summed E-state index contributed by atoms with van der Waals surface area (Å²) in [6, 6.07) is 4.53. The number of hydrogen-bond acceptors (Lipinski definition) is 3. The van der Waals surface area contributed by atoms with Crippen LogP contribution < -0.4 is 15.8 Å². The zero-order valence-electron chi connectivity index (χ0n) is 17.1. The molecule has 0 saturated heterocycles. The third-order valence-electron chi connectivity index (χ3n) is 4.71. The lowest BCUT2D eigenvalue weighted by atomic mass is 10.0. The van der Waals surface area contributed by atoms with Crippen molar-refractivity contribution in [3.8, 4) is 11.5 Å². The van der Waals surface area contributed by atoms with E-state index in [1.807, 2.05) is 13.8 Å². The lowest BCUT2D eigenvalue weighted by Gasteiger charge is -2.20. The van der Waals surface area contributed by atoms with Crippen LogP contribution in [-0.2, 0) is 21.9 Å². The van der Waals surface area contributed by atoms with Gasteiger partial charge in [0.15, 0.2) is 5.75 Å². The number of fused-ring (bicyclic) bond motifs is 1. The minimum Gasteiger partial charge on any atom is -0.456 e. The maximum atomic E-state index is 13.7. The van der Waals surface area contributed by atoms with E-state index in [9.17, 15) is 35.9 Å². The van der Waals surface area contributed by atoms with E-state index < -0.39 is 46.7 Å². The molecular formula is C21H17F6N3O3. The first-order valence-corrected chi connectivity index (χ1v) is 9.40. The number of amides is 2. The molecule has 0 unspecified atom stereocenters. The second-order valence-electron chi connectivity index (χ2n) is 7.42. The Morgan fingerprint density at radius 3 is 2.06 bits per heavy atom. The van der Waals surface area contributed by atoms with E-state index in [2.05, 4.69) is 4.98 Å². The maximum Gasteiger partial charge on any atom is 0.420 e. The van der Waals surface area contributed by atoms with Crippen molar-refractivity contribution in [3.05, 3.63) is 53.2 Å². The zero-order valence-corrected chi connectivity index (χ0v) is 17.1. The summed E-state index contributed by atoms with van der Waals surface area (Å²) in [5, 5.41) is 2.37. The highest BCUT2D eigenvalue weighted by molar-refractivity contribution is 6.39. The van der Waals surface area contributed by atoms with Gasteiger partial charge in [-0.25, -0.2) is 0 Å². The largest absolute Gasteiger partial charge is 0.456 e. The molecule has 3 aromatic rings. The topological polar surface area (TPSA) is 97.2 Å². The number of carbonyl (C=O) groups is 2. The van der Waals surface area contributed by atoms with Gasteiger partial charge >= 0.3 is 24.2 Å². The lowest BCUT2D eigenvalue weighted by molar-refractivity contribution is -0.145. The van der Waals surface area contributed by atoms with Gasteiger partial charge in [-0.2, -0.15) is 26.3 Å². The molecule has 0 bridgehead atoms. The summed E-state index contributed by atoms with van der Waals surface area (Å²) in [5.74, 6) is -4.81. The molecule has 0 fully saturated rings. The molecular weight excluding hydrogens is 456 g/mol. The number of hydrogen-bond donors (Lipinski definition) is 3. The van der Waals surface area contributed by atoms with Crippen molar-refractivity contribution in [2.45, 2.75) is 32.1 Å². The molecule has 6 nitrogen and oxygen atoms in total. The van der Waals surface area contributed by atoms with Crippen LogP contribution in [0.5, 0.6) is 11.5 Å². The van der Waals surface area contributed by atoms with Crippen molar-refractivity contribution in [1.82, 2.24) is 4.98 Å². The highest BCUT2D eigenvalue weighted by Crippen LogP contribution is 2.47. The molecule has 1 aromatic heterocycles. The van der Waals surface area contributed by atoms with Crippen LogP contribution >= 0.6 is 0 Å². The second kappa shape index (κ2) is 8.34. The molecule has 0 aliphatic rings. The molecule has 2 amide bonds. The number of rotatable bonds is 4. The molecule has 0 radical (unpaired) electrons. The van der Waals surface area contributed by atoms with E-state index in [1.54, 1.807) is 11.5 Å². The van der Waals surface area contributed by atoms with Gasteiger partial charge in [0.05, 0.1) is 0 Å². The van der Waals surface area contributed by atoms with E-state index in [0.29, 0.717) is 5.52 Å². The number of anilines is 1. The fraction of sp³-hybridized carbons (Fsp3) is 0.238. The number of aromatic amines is 1. The molecule has 0 atom stereocenters. The van der Waals surface area contributed by atoms with Crippen LogP contribution in [0.25, 0.3) is 10.9 Å². The Hall–Kier alpha value is -3.70. The van der Waals surface area contributed by atoms with E-state index in [0.717, 1.165) is 10.9 Å². The summed E-state index contributed by atoms with van der Waals surface area (Å²) < 4.78 is 87.2. The molecule has 0 spiro atoms. The zero-order chi connectivity index (χ0) is 24.7. The quantitative estimate of drug-likeness (QED) is 0.343. The van der Waals surface area contributed by atoms with Gasteiger partial charge in [0.25, 0.3) is 0 Å². The SMILES string of the molecule is CC(C)c1c[nH]c2cc(Oc3c(C(F)(F)F)cc(NC(=O)C(N)=O)cc3C(F)(F)F)ccc12. The second-order valence-corrected chi connectivity index (χ2v) is 7.42. The molecule has 0 aliphatic carbocycles. The van der Waals surface area contributed by atoms with Gasteiger partial charge in [0.1, 0.15) is 16.9 Å². The Kier molecular flexibility index (Phi) is 6.05. The van der Waals surface area contributed by atoms with Crippen LogP contribution in [0, 0.1) is 0 Å². The van der Waals surface area contributed by atoms with Crippen LogP contribution in [0.1, 0.15) is 36.5 Å². The number of halogens is 6. The molecule has 0 saturated carbocycles. The number of benzene rings is 2. The van der Waals surface area contributed by atoms with Gasteiger partial charge in [-0.1, -0.05) is 13.8 Å². The fourth-order valence-corrected chi connectivity index (χ4v) is 3.21.